The molecule has 3 N–H and O–H groups in total. The Balaban J connectivity index is 0.00000312. The molecule has 0 radical (unpaired) electrons. The molecule has 0 saturated carbocycles. The Morgan fingerprint density at radius 2 is 1.92 bits per heavy atom. The minimum absolute atomic E-state index is 0. The summed E-state index contributed by atoms with van der Waals surface area (Å²) in [6.45, 7) is 6.04. The predicted molar refractivity (Wildman–Crippen MR) is 99.7 cm³/mol. The minimum Gasteiger partial charge on any atom is -0.391 e. The van der Waals surface area contributed by atoms with Gasteiger partial charge in [0.2, 0.25) is 5.91 Å². The lowest BCUT2D eigenvalue weighted by Gasteiger charge is -2.19. The Hall–Kier alpha value is -1.63. The fourth-order valence-corrected chi connectivity index (χ4v) is 2.81. The van der Waals surface area contributed by atoms with Gasteiger partial charge in [-0.2, -0.15) is 0 Å². The first-order chi connectivity index (χ1) is 11.4. The van der Waals surface area contributed by atoms with E-state index in [1.807, 2.05) is 26.0 Å². The SMILES string of the molecule is CC(C)C(=O)N(C)Cc1ccc(C(=O)NCC2CNCC2O)cc1.Cl. The van der Waals surface area contributed by atoms with Crippen LogP contribution in [0.15, 0.2) is 24.3 Å². The molecule has 6 nitrogen and oxygen atoms in total. The van der Waals surface area contributed by atoms with Gasteiger partial charge in [-0.15, -0.1) is 12.4 Å². The number of nitrogens with one attached hydrogen (secondary N) is 2. The highest BCUT2D eigenvalue weighted by molar-refractivity contribution is 5.94. The lowest BCUT2D eigenvalue weighted by Crippen LogP contribution is -2.34. The second-order valence-electron chi connectivity index (χ2n) is 6.74. The van der Waals surface area contributed by atoms with Crippen LogP contribution in [-0.2, 0) is 11.3 Å². The summed E-state index contributed by atoms with van der Waals surface area (Å²) in [6.07, 6.45) is -0.401. The van der Waals surface area contributed by atoms with E-state index in [-0.39, 0.29) is 36.1 Å². The summed E-state index contributed by atoms with van der Waals surface area (Å²) < 4.78 is 0. The molecular formula is C18H28ClN3O3. The highest BCUT2D eigenvalue weighted by Gasteiger charge is 2.25. The van der Waals surface area contributed by atoms with E-state index in [1.54, 1.807) is 24.1 Å². The molecule has 2 atom stereocenters. The van der Waals surface area contributed by atoms with Crippen molar-refractivity contribution in [3.05, 3.63) is 35.4 Å². The molecule has 1 fully saturated rings. The zero-order valence-electron chi connectivity index (χ0n) is 15.0. The van der Waals surface area contributed by atoms with Crippen molar-refractivity contribution < 1.29 is 14.7 Å². The summed E-state index contributed by atoms with van der Waals surface area (Å²) in [7, 11) is 1.78. The Labute approximate surface area is 155 Å². The number of rotatable bonds is 6. The second-order valence-corrected chi connectivity index (χ2v) is 6.74. The van der Waals surface area contributed by atoms with E-state index in [4.69, 9.17) is 0 Å². The van der Waals surface area contributed by atoms with Gasteiger partial charge in [-0.3, -0.25) is 9.59 Å². The van der Waals surface area contributed by atoms with Crippen molar-refractivity contribution in [3.8, 4) is 0 Å². The standard InChI is InChI=1S/C18H27N3O3.ClH/c1-12(2)18(24)21(3)11-13-4-6-14(7-5-13)17(23)20-9-15-8-19-10-16(15)22;/h4-7,12,15-16,19,22H,8-11H2,1-3H3,(H,20,23);1H. The van der Waals surface area contributed by atoms with Crippen LogP contribution in [0.4, 0.5) is 0 Å². The molecule has 1 aromatic carbocycles. The number of aliphatic hydroxyl groups is 1. The van der Waals surface area contributed by atoms with Crippen molar-refractivity contribution in [3.63, 3.8) is 0 Å². The third-order valence-electron chi connectivity index (χ3n) is 4.33. The maximum absolute atomic E-state index is 12.2. The summed E-state index contributed by atoms with van der Waals surface area (Å²) >= 11 is 0. The van der Waals surface area contributed by atoms with Gasteiger partial charge in [-0.25, -0.2) is 0 Å². The largest absolute Gasteiger partial charge is 0.391 e. The Morgan fingerprint density at radius 1 is 1.28 bits per heavy atom. The number of aliphatic hydroxyl groups excluding tert-OH is 1. The molecule has 0 bridgehead atoms. The van der Waals surface area contributed by atoms with Crippen molar-refractivity contribution in [2.24, 2.45) is 11.8 Å². The number of carbonyl (C=O) groups excluding carboxylic acids is 2. The van der Waals surface area contributed by atoms with Gasteiger partial charge >= 0.3 is 0 Å². The molecule has 2 amide bonds. The van der Waals surface area contributed by atoms with Gasteiger partial charge in [0.1, 0.15) is 0 Å². The van der Waals surface area contributed by atoms with Crippen molar-refractivity contribution in [2.75, 3.05) is 26.7 Å². The highest BCUT2D eigenvalue weighted by Crippen LogP contribution is 2.10. The first-order valence-corrected chi connectivity index (χ1v) is 8.39. The zero-order chi connectivity index (χ0) is 17.7. The lowest BCUT2D eigenvalue weighted by atomic mass is 10.1. The van der Waals surface area contributed by atoms with Crippen molar-refractivity contribution in [2.45, 2.75) is 26.5 Å². The van der Waals surface area contributed by atoms with Crippen LogP contribution >= 0.6 is 12.4 Å². The zero-order valence-corrected chi connectivity index (χ0v) is 15.8. The Kier molecular flexibility index (Phi) is 8.35. The predicted octanol–water partition coefficient (Wildman–Crippen LogP) is 1.03. The van der Waals surface area contributed by atoms with Crippen LogP contribution in [0, 0.1) is 11.8 Å². The average Bonchev–Trinajstić information content (AvgIpc) is 2.97. The Bertz CT molecular complexity index is 577. The maximum atomic E-state index is 12.2. The second kappa shape index (κ2) is 9.75. The van der Waals surface area contributed by atoms with Crippen LogP contribution in [0.25, 0.3) is 0 Å². The quantitative estimate of drug-likeness (QED) is 0.699. The first kappa shape index (κ1) is 21.4. The number of β-amino-alcohol motifs (C(OH)–C–C–N with tert-alkyl or cyclic N) is 1. The van der Waals surface area contributed by atoms with Crippen molar-refractivity contribution in [1.82, 2.24) is 15.5 Å². The Morgan fingerprint density at radius 3 is 2.44 bits per heavy atom. The number of halogens is 1. The summed E-state index contributed by atoms with van der Waals surface area (Å²) in [5, 5.41) is 15.7. The number of benzene rings is 1. The lowest BCUT2D eigenvalue weighted by molar-refractivity contribution is -0.133. The fraction of sp³-hybridized carbons (Fsp3) is 0.556. The molecular weight excluding hydrogens is 342 g/mol. The van der Waals surface area contributed by atoms with Gasteiger partial charge in [0, 0.05) is 50.6 Å². The van der Waals surface area contributed by atoms with E-state index >= 15 is 0 Å². The molecule has 1 saturated heterocycles. The third-order valence-corrected chi connectivity index (χ3v) is 4.33. The molecule has 1 aromatic rings. The van der Waals surface area contributed by atoms with Crippen LogP contribution in [-0.4, -0.2) is 54.6 Å². The van der Waals surface area contributed by atoms with Crippen molar-refractivity contribution in [1.29, 1.82) is 0 Å². The van der Waals surface area contributed by atoms with Gasteiger partial charge in [0.15, 0.2) is 0 Å². The molecule has 1 aliphatic rings. The first-order valence-electron chi connectivity index (χ1n) is 8.39. The summed E-state index contributed by atoms with van der Waals surface area (Å²) in [6, 6.07) is 7.26. The number of nitrogens with zero attached hydrogens (tertiary/aromatic N) is 1. The van der Waals surface area contributed by atoms with Gasteiger partial charge < -0.3 is 20.6 Å². The van der Waals surface area contributed by atoms with Crippen LogP contribution in [0.1, 0.15) is 29.8 Å². The maximum Gasteiger partial charge on any atom is 0.251 e. The molecule has 25 heavy (non-hydrogen) atoms. The summed E-state index contributed by atoms with van der Waals surface area (Å²) in [5.41, 5.74) is 1.57. The molecule has 2 unspecified atom stereocenters. The third kappa shape index (κ3) is 5.99. The highest BCUT2D eigenvalue weighted by atomic mass is 35.5. The molecule has 0 spiro atoms. The van der Waals surface area contributed by atoms with E-state index in [9.17, 15) is 14.7 Å². The van der Waals surface area contributed by atoms with Crippen LogP contribution < -0.4 is 10.6 Å². The molecule has 0 aliphatic carbocycles. The van der Waals surface area contributed by atoms with Gasteiger partial charge in [-0.1, -0.05) is 26.0 Å². The van der Waals surface area contributed by atoms with Crippen LogP contribution in [0.2, 0.25) is 0 Å². The molecule has 2 rings (SSSR count). The molecule has 140 valence electrons. The van der Waals surface area contributed by atoms with E-state index in [2.05, 4.69) is 10.6 Å². The number of carbonyl (C=O) groups is 2. The smallest absolute Gasteiger partial charge is 0.251 e. The number of hydrogen-bond acceptors (Lipinski definition) is 4. The summed E-state index contributed by atoms with van der Waals surface area (Å²) in [5.74, 6) is -0.0165. The van der Waals surface area contributed by atoms with Gasteiger partial charge in [0.05, 0.1) is 6.10 Å². The molecule has 7 heteroatoms. The number of amides is 2. The van der Waals surface area contributed by atoms with E-state index in [1.165, 1.54) is 0 Å². The van der Waals surface area contributed by atoms with Crippen LogP contribution in [0.3, 0.4) is 0 Å². The van der Waals surface area contributed by atoms with Crippen LogP contribution in [0.5, 0.6) is 0 Å². The van der Waals surface area contributed by atoms with E-state index < -0.39 is 6.10 Å². The van der Waals surface area contributed by atoms with Gasteiger partial charge in [0.25, 0.3) is 5.91 Å². The molecule has 0 aromatic heterocycles. The minimum atomic E-state index is -0.401. The fourth-order valence-electron chi connectivity index (χ4n) is 2.81. The average molecular weight is 370 g/mol. The normalized spacial score (nSPS) is 19.4. The molecule has 1 aliphatic heterocycles. The topological polar surface area (TPSA) is 81.7 Å². The van der Waals surface area contributed by atoms with Crippen molar-refractivity contribution >= 4 is 24.2 Å². The van der Waals surface area contributed by atoms with E-state index in [0.29, 0.717) is 25.2 Å². The summed E-state index contributed by atoms with van der Waals surface area (Å²) in [4.78, 5) is 25.7. The van der Waals surface area contributed by atoms with Gasteiger partial charge in [-0.05, 0) is 17.7 Å². The molecule has 1 heterocycles. The monoisotopic (exact) mass is 369 g/mol. The van der Waals surface area contributed by atoms with E-state index in [0.717, 1.165) is 12.1 Å². The number of hydrogen-bond donors (Lipinski definition) is 3.